The minimum absolute atomic E-state index is 0.0914. The van der Waals surface area contributed by atoms with Crippen molar-refractivity contribution in [3.8, 4) is 5.75 Å². The largest absolute Gasteiger partial charge is 0.495 e. The maximum absolute atomic E-state index is 12.6. The number of likely N-dealkylation sites (tertiary alicyclic amines) is 1. The quantitative estimate of drug-likeness (QED) is 0.850. The second-order valence-electron chi connectivity index (χ2n) is 6.61. The van der Waals surface area contributed by atoms with E-state index in [4.69, 9.17) is 9.84 Å². The Labute approximate surface area is 146 Å². The van der Waals surface area contributed by atoms with Crippen molar-refractivity contribution >= 4 is 23.5 Å². The summed E-state index contributed by atoms with van der Waals surface area (Å²) in [6, 6.07) is 4.32. The molecule has 2 amide bonds. The van der Waals surface area contributed by atoms with Crippen molar-refractivity contribution in [2.45, 2.75) is 25.7 Å². The van der Waals surface area contributed by atoms with E-state index in [1.807, 2.05) is 0 Å². The Morgan fingerprint density at radius 2 is 1.96 bits per heavy atom. The molecule has 2 aliphatic rings. The highest BCUT2D eigenvalue weighted by molar-refractivity contribution is 5.96. The summed E-state index contributed by atoms with van der Waals surface area (Å²) >= 11 is 0. The second kappa shape index (κ2) is 7.13. The Bertz CT molecular complexity index is 699. The van der Waals surface area contributed by atoms with Crippen LogP contribution in [0.2, 0.25) is 0 Å². The molecular formula is C18H22N2O5. The number of piperidine rings is 1. The predicted molar refractivity (Wildman–Crippen MR) is 90.6 cm³/mol. The van der Waals surface area contributed by atoms with Crippen molar-refractivity contribution in [3.05, 3.63) is 23.8 Å². The Hall–Kier alpha value is -2.57. The van der Waals surface area contributed by atoms with E-state index in [9.17, 15) is 14.4 Å². The zero-order valence-electron chi connectivity index (χ0n) is 14.2. The van der Waals surface area contributed by atoms with Crippen LogP contribution in [0.4, 0.5) is 5.69 Å². The summed E-state index contributed by atoms with van der Waals surface area (Å²) in [5, 5.41) is 11.8. The molecule has 25 heavy (non-hydrogen) atoms. The Morgan fingerprint density at radius 1 is 1.20 bits per heavy atom. The zero-order chi connectivity index (χ0) is 18.0. The zero-order valence-corrected chi connectivity index (χ0v) is 14.2. The molecule has 1 saturated heterocycles. The molecule has 1 aromatic carbocycles. The molecule has 1 atom stereocenters. The molecule has 1 saturated carbocycles. The van der Waals surface area contributed by atoms with E-state index >= 15 is 0 Å². The maximum atomic E-state index is 12.6. The van der Waals surface area contributed by atoms with E-state index in [0.29, 0.717) is 18.0 Å². The van der Waals surface area contributed by atoms with Gasteiger partial charge in [0, 0.05) is 19.0 Å². The molecule has 2 fully saturated rings. The van der Waals surface area contributed by atoms with Crippen LogP contribution in [0.25, 0.3) is 0 Å². The van der Waals surface area contributed by atoms with Gasteiger partial charge < -0.3 is 20.1 Å². The third kappa shape index (κ3) is 3.92. The van der Waals surface area contributed by atoms with Crippen molar-refractivity contribution < 1.29 is 24.2 Å². The van der Waals surface area contributed by atoms with Gasteiger partial charge in [-0.25, -0.2) is 4.79 Å². The summed E-state index contributed by atoms with van der Waals surface area (Å²) in [4.78, 5) is 37.6. The van der Waals surface area contributed by atoms with Crippen LogP contribution in [0.5, 0.6) is 5.75 Å². The normalized spacial score (nSPS) is 20.0. The van der Waals surface area contributed by atoms with Gasteiger partial charge in [0.2, 0.25) is 11.8 Å². The van der Waals surface area contributed by atoms with Crippen LogP contribution < -0.4 is 10.1 Å². The van der Waals surface area contributed by atoms with Gasteiger partial charge >= 0.3 is 5.97 Å². The molecule has 1 aliphatic carbocycles. The number of nitrogens with one attached hydrogen (secondary N) is 1. The number of aromatic carboxylic acids is 1. The third-order valence-corrected chi connectivity index (χ3v) is 4.74. The SMILES string of the molecule is COc1cc(C(=O)O)ccc1NC(=O)C1CCCN(C(=O)C2CC2)C1. The molecule has 0 bridgehead atoms. The molecule has 134 valence electrons. The molecule has 1 unspecified atom stereocenters. The summed E-state index contributed by atoms with van der Waals surface area (Å²) in [5.74, 6) is -0.867. The average Bonchev–Trinajstić information content (AvgIpc) is 3.46. The molecule has 2 N–H and O–H groups in total. The molecule has 0 aromatic heterocycles. The number of hydrogen-bond donors (Lipinski definition) is 2. The van der Waals surface area contributed by atoms with Crippen LogP contribution in [0, 0.1) is 11.8 Å². The van der Waals surface area contributed by atoms with Crippen molar-refractivity contribution in [3.63, 3.8) is 0 Å². The number of rotatable bonds is 5. The minimum Gasteiger partial charge on any atom is -0.495 e. The van der Waals surface area contributed by atoms with E-state index in [2.05, 4.69) is 5.32 Å². The van der Waals surface area contributed by atoms with E-state index in [1.54, 1.807) is 4.90 Å². The van der Waals surface area contributed by atoms with Crippen LogP contribution in [0.15, 0.2) is 18.2 Å². The first-order chi connectivity index (χ1) is 12.0. The fraction of sp³-hybridized carbons (Fsp3) is 0.500. The third-order valence-electron chi connectivity index (χ3n) is 4.74. The number of carboxylic acids is 1. The molecule has 3 rings (SSSR count). The van der Waals surface area contributed by atoms with Crippen LogP contribution in [-0.2, 0) is 9.59 Å². The number of methoxy groups -OCH3 is 1. The van der Waals surface area contributed by atoms with Gasteiger partial charge in [-0.1, -0.05) is 0 Å². The number of ether oxygens (including phenoxy) is 1. The van der Waals surface area contributed by atoms with Gasteiger partial charge in [0.15, 0.2) is 0 Å². The van der Waals surface area contributed by atoms with E-state index in [-0.39, 0.29) is 29.2 Å². The first kappa shape index (κ1) is 17.3. The van der Waals surface area contributed by atoms with E-state index in [0.717, 1.165) is 32.2 Å². The molecule has 7 nitrogen and oxygen atoms in total. The molecular weight excluding hydrogens is 324 g/mol. The average molecular weight is 346 g/mol. The number of carboxylic acid groups (broad SMARTS) is 1. The van der Waals surface area contributed by atoms with Gasteiger partial charge in [-0.15, -0.1) is 0 Å². The van der Waals surface area contributed by atoms with Crippen LogP contribution in [0.3, 0.4) is 0 Å². The highest BCUT2D eigenvalue weighted by Gasteiger charge is 2.36. The lowest BCUT2D eigenvalue weighted by Crippen LogP contribution is -2.44. The van der Waals surface area contributed by atoms with Gasteiger partial charge in [-0.05, 0) is 43.9 Å². The summed E-state index contributed by atoms with van der Waals surface area (Å²) in [5.41, 5.74) is 0.525. The number of nitrogens with zero attached hydrogens (tertiary/aromatic N) is 1. The van der Waals surface area contributed by atoms with Gasteiger partial charge in [-0.3, -0.25) is 9.59 Å². The fourth-order valence-corrected chi connectivity index (χ4v) is 3.14. The molecule has 1 aliphatic heterocycles. The summed E-state index contributed by atoms with van der Waals surface area (Å²) in [6.45, 7) is 1.16. The summed E-state index contributed by atoms with van der Waals surface area (Å²) < 4.78 is 5.18. The van der Waals surface area contributed by atoms with Crippen molar-refractivity contribution in [2.24, 2.45) is 11.8 Å². The second-order valence-corrected chi connectivity index (χ2v) is 6.61. The monoisotopic (exact) mass is 346 g/mol. The number of anilines is 1. The predicted octanol–water partition coefficient (Wildman–Crippen LogP) is 1.98. The fourth-order valence-electron chi connectivity index (χ4n) is 3.14. The Kier molecular flexibility index (Phi) is 4.92. The minimum atomic E-state index is -1.06. The van der Waals surface area contributed by atoms with Crippen LogP contribution in [0.1, 0.15) is 36.0 Å². The molecule has 1 aromatic rings. The van der Waals surface area contributed by atoms with Gasteiger partial charge in [-0.2, -0.15) is 0 Å². The van der Waals surface area contributed by atoms with Crippen LogP contribution in [-0.4, -0.2) is 48.0 Å². The van der Waals surface area contributed by atoms with E-state index < -0.39 is 5.97 Å². The van der Waals surface area contributed by atoms with Crippen molar-refractivity contribution in [2.75, 3.05) is 25.5 Å². The maximum Gasteiger partial charge on any atom is 0.335 e. The highest BCUT2D eigenvalue weighted by Crippen LogP contribution is 2.33. The number of benzene rings is 1. The Morgan fingerprint density at radius 3 is 2.60 bits per heavy atom. The molecule has 7 heteroatoms. The standard InChI is InChI=1S/C18H22N2O5/c1-25-15-9-12(18(23)24)6-7-14(15)19-16(21)13-3-2-8-20(10-13)17(22)11-4-5-11/h6-7,9,11,13H,2-5,8,10H2,1H3,(H,19,21)(H,23,24). The highest BCUT2D eigenvalue weighted by atomic mass is 16.5. The summed E-state index contributed by atoms with van der Waals surface area (Å²) in [6.07, 6.45) is 3.46. The number of amides is 2. The lowest BCUT2D eigenvalue weighted by molar-refractivity contribution is -0.135. The molecule has 0 radical (unpaired) electrons. The van der Waals surface area contributed by atoms with Crippen LogP contribution >= 0.6 is 0 Å². The number of hydrogen-bond acceptors (Lipinski definition) is 4. The van der Waals surface area contributed by atoms with Gasteiger partial charge in [0.05, 0.1) is 24.3 Å². The Balaban J connectivity index is 1.67. The van der Waals surface area contributed by atoms with Crippen molar-refractivity contribution in [1.29, 1.82) is 0 Å². The van der Waals surface area contributed by atoms with E-state index in [1.165, 1.54) is 25.3 Å². The molecule has 1 heterocycles. The van der Waals surface area contributed by atoms with Crippen molar-refractivity contribution in [1.82, 2.24) is 4.90 Å². The number of carbonyl (C=O) groups is 3. The van der Waals surface area contributed by atoms with Gasteiger partial charge in [0.25, 0.3) is 0 Å². The first-order valence-corrected chi connectivity index (χ1v) is 8.50. The number of carbonyl (C=O) groups excluding carboxylic acids is 2. The lowest BCUT2D eigenvalue weighted by Gasteiger charge is -2.32. The van der Waals surface area contributed by atoms with Gasteiger partial charge in [0.1, 0.15) is 5.75 Å². The lowest BCUT2D eigenvalue weighted by atomic mass is 9.96. The summed E-state index contributed by atoms with van der Waals surface area (Å²) in [7, 11) is 1.42. The molecule has 0 spiro atoms. The topological polar surface area (TPSA) is 95.9 Å². The smallest absolute Gasteiger partial charge is 0.335 e. The first-order valence-electron chi connectivity index (χ1n) is 8.50.